The van der Waals surface area contributed by atoms with Crippen LogP contribution in [-0.2, 0) is 0 Å². The molecule has 146 valence electrons. The van der Waals surface area contributed by atoms with Gasteiger partial charge >= 0.3 is 0 Å². The highest BCUT2D eigenvalue weighted by Gasteiger charge is 2.22. The lowest BCUT2D eigenvalue weighted by molar-refractivity contribution is 0.287. The molecule has 0 aromatic carbocycles. The normalized spacial score (nSPS) is 20.3. The SMILES string of the molecule is CC(C)=CCCC(C)CCC1CCN(CCC(C)CCC=C(C)C)C1. The van der Waals surface area contributed by atoms with Crippen molar-refractivity contribution in [2.45, 2.75) is 92.9 Å². The quantitative estimate of drug-likeness (QED) is 0.336. The van der Waals surface area contributed by atoms with Crippen molar-refractivity contribution in [3.05, 3.63) is 23.3 Å². The van der Waals surface area contributed by atoms with Gasteiger partial charge in [0, 0.05) is 6.54 Å². The molecule has 0 aliphatic carbocycles. The first-order chi connectivity index (χ1) is 11.9. The van der Waals surface area contributed by atoms with Crippen LogP contribution in [0.1, 0.15) is 92.9 Å². The van der Waals surface area contributed by atoms with E-state index in [2.05, 4.69) is 58.6 Å². The van der Waals surface area contributed by atoms with E-state index in [-0.39, 0.29) is 0 Å². The van der Waals surface area contributed by atoms with Crippen LogP contribution in [0.4, 0.5) is 0 Å². The van der Waals surface area contributed by atoms with E-state index in [4.69, 9.17) is 0 Å². The van der Waals surface area contributed by atoms with E-state index in [0.29, 0.717) is 0 Å². The Morgan fingerprint density at radius 1 is 0.880 bits per heavy atom. The van der Waals surface area contributed by atoms with Gasteiger partial charge in [-0.15, -0.1) is 0 Å². The predicted molar refractivity (Wildman–Crippen MR) is 114 cm³/mol. The van der Waals surface area contributed by atoms with E-state index in [1.165, 1.54) is 82.1 Å². The standard InChI is InChI=1S/C24H45N/c1-20(2)9-7-11-22(5)13-14-24-16-18-25(19-24)17-15-23(6)12-8-10-21(3)4/h9-10,22-24H,7-8,11-19H2,1-6H3. The van der Waals surface area contributed by atoms with Gasteiger partial charge in [-0.2, -0.15) is 0 Å². The van der Waals surface area contributed by atoms with Crippen molar-refractivity contribution in [2.24, 2.45) is 17.8 Å². The third-order valence-electron chi connectivity index (χ3n) is 5.80. The average molecular weight is 348 g/mol. The summed E-state index contributed by atoms with van der Waals surface area (Å²) >= 11 is 0. The number of hydrogen-bond donors (Lipinski definition) is 0. The van der Waals surface area contributed by atoms with Crippen LogP contribution in [0.2, 0.25) is 0 Å². The molecule has 1 aliphatic rings. The fourth-order valence-electron chi connectivity index (χ4n) is 3.88. The van der Waals surface area contributed by atoms with Crippen LogP contribution < -0.4 is 0 Å². The lowest BCUT2D eigenvalue weighted by Crippen LogP contribution is -2.23. The molecule has 0 aromatic rings. The molecule has 1 aliphatic heterocycles. The molecule has 1 nitrogen and oxygen atoms in total. The second-order valence-corrected chi connectivity index (χ2v) is 9.25. The van der Waals surface area contributed by atoms with Crippen molar-refractivity contribution < 1.29 is 0 Å². The van der Waals surface area contributed by atoms with Gasteiger partial charge in [-0.3, -0.25) is 0 Å². The van der Waals surface area contributed by atoms with Crippen molar-refractivity contribution in [3.63, 3.8) is 0 Å². The summed E-state index contributed by atoms with van der Waals surface area (Å²) in [6.07, 6.45) is 15.7. The van der Waals surface area contributed by atoms with Crippen LogP contribution >= 0.6 is 0 Å². The van der Waals surface area contributed by atoms with E-state index in [9.17, 15) is 0 Å². The lowest BCUT2D eigenvalue weighted by Gasteiger charge is -2.19. The third-order valence-corrected chi connectivity index (χ3v) is 5.80. The average Bonchev–Trinajstić information content (AvgIpc) is 2.98. The van der Waals surface area contributed by atoms with Crippen molar-refractivity contribution in [2.75, 3.05) is 19.6 Å². The first-order valence-electron chi connectivity index (χ1n) is 10.9. The lowest BCUT2D eigenvalue weighted by atomic mass is 9.93. The minimum absolute atomic E-state index is 0.866. The second kappa shape index (κ2) is 12.7. The van der Waals surface area contributed by atoms with Crippen molar-refractivity contribution in [3.8, 4) is 0 Å². The van der Waals surface area contributed by atoms with Gasteiger partial charge < -0.3 is 4.90 Å². The smallest absolute Gasteiger partial charge is 0.00101 e. The molecule has 0 bridgehead atoms. The fourth-order valence-corrected chi connectivity index (χ4v) is 3.88. The van der Waals surface area contributed by atoms with E-state index >= 15 is 0 Å². The van der Waals surface area contributed by atoms with Gasteiger partial charge in [-0.1, -0.05) is 43.6 Å². The number of hydrogen-bond acceptors (Lipinski definition) is 1. The molecule has 1 heterocycles. The second-order valence-electron chi connectivity index (χ2n) is 9.25. The largest absolute Gasteiger partial charge is 0.303 e. The summed E-state index contributed by atoms with van der Waals surface area (Å²) in [5.74, 6) is 2.72. The summed E-state index contributed by atoms with van der Waals surface area (Å²) < 4.78 is 0. The Hall–Kier alpha value is -0.560. The van der Waals surface area contributed by atoms with E-state index < -0.39 is 0 Å². The summed E-state index contributed by atoms with van der Waals surface area (Å²) in [5, 5.41) is 0. The maximum Gasteiger partial charge on any atom is 0.00101 e. The summed E-state index contributed by atoms with van der Waals surface area (Å²) in [7, 11) is 0. The molecular formula is C24H45N. The summed E-state index contributed by atoms with van der Waals surface area (Å²) in [5.41, 5.74) is 2.93. The monoisotopic (exact) mass is 347 g/mol. The summed E-state index contributed by atoms with van der Waals surface area (Å²) in [6.45, 7) is 17.7. The zero-order valence-corrected chi connectivity index (χ0v) is 18.1. The fraction of sp³-hybridized carbons (Fsp3) is 0.833. The molecular weight excluding hydrogens is 302 g/mol. The molecule has 1 fully saturated rings. The molecule has 25 heavy (non-hydrogen) atoms. The number of nitrogens with zero attached hydrogens (tertiary/aromatic N) is 1. The van der Waals surface area contributed by atoms with Crippen LogP contribution in [-0.4, -0.2) is 24.5 Å². The highest BCUT2D eigenvalue weighted by molar-refractivity contribution is 4.93. The molecule has 1 heteroatoms. The Labute approximate surface area is 159 Å². The molecule has 0 aromatic heterocycles. The molecule has 1 rings (SSSR count). The minimum Gasteiger partial charge on any atom is -0.303 e. The molecule has 3 atom stereocenters. The van der Waals surface area contributed by atoms with E-state index in [1.54, 1.807) is 0 Å². The highest BCUT2D eigenvalue weighted by atomic mass is 15.1. The van der Waals surface area contributed by atoms with Crippen LogP contribution in [0.15, 0.2) is 23.3 Å². The Morgan fingerprint density at radius 2 is 1.44 bits per heavy atom. The Kier molecular flexibility index (Phi) is 11.5. The number of likely N-dealkylation sites (tertiary alicyclic amines) is 1. The highest BCUT2D eigenvalue weighted by Crippen LogP contribution is 2.25. The minimum atomic E-state index is 0.866. The van der Waals surface area contributed by atoms with Crippen molar-refractivity contribution in [1.82, 2.24) is 4.90 Å². The van der Waals surface area contributed by atoms with Gasteiger partial charge in [-0.25, -0.2) is 0 Å². The third kappa shape index (κ3) is 11.6. The zero-order chi connectivity index (χ0) is 18.7. The van der Waals surface area contributed by atoms with Crippen molar-refractivity contribution >= 4 is 0 Å². The molecule has 0 N–H and O–H groups in total. The zero-order valence-electron chi connectivity index (χ0n) is 18.1. The first-order valence-corrected chi connectivity index (χ1v) is 10.9. The molecule has 0 saturated carbocycles. The van der Waals surface area contributed by atoms with Gasteiger partial charge in [0.1, 0.15) is 0 Å². The van der Waals surface area contributed by atoms with Crippen LogP contribution in [0, 0.1) is 17.8 Å². The molecule has 3 unspecified atom stereocenters. The van der Waals surface area contributed by atoms with Gasteiger partial charge in [-0.05, 0) is 103 Å². The Balaban J connectivity index is 2.10. The Morgan fingerprint density at radius 3 is 2.00 bits per heavy atom. The molecule has 1 saturated heterocycles. The van der Waals surface area contributed by atoms with Gasteiger partial charge in [0.2, 0.25) is 0 Å². The summed E-state index contributed by atoms with van der Waals surface area (Å²) in [4.78, 5) is 2.73. The van der Waals surface area contributed by atoms with Crippen LogP contribution in [0.3, 0.4) is 0 Å². The molecule has 0 spiro atoms. The summed E-state index contributed by atoms with van der Waals surface area (Å²) in [6, 6.07) is 0. The van der Waals surface area contributed by atoms with Crippen LogP contribution in [0.25, 0.3) is 0 Å². The Bertz CT molecular complexity index is 360. The maximum atomic E-state index is 2.73. The van der Waals surface area contributed by atoms with Gasteiger partial charge in [0.25, 0.3) is 0 Å². The van der Waals surface area contributed by atoms with Gasteiger partial charge in [0.05, 0.1) is 0 Å². The first kappa shape index (κ1) is 22.5. The number of rotatable bonds is 12. The van der Waals surface area contributed by atoms with Crippen LogP contribution in [0.5, 0.6) is 0 Å². The molecule has 0 radical (unpaired) electrons. The van der Waals surface area contributed by atoms with Crippen molar-refractivity contribution in [1.29, 1.82) is 0 Å². The van der Waals surface area contributed by atoms with E-state index in [0.717, 1.165) is 17.8 Å². The van der Waals surface area contributed by atoms with Gasteiger partial charge in [0.15, 0.2) is 0 Å². The topological polar surface area (TPSA) is 3.24 Å². The van der Waals surface area contributed by atoms with E-state index in [1.807, 2.05) is 0 Å². The predicted octanol–water partition coefficient (Wildman–Crippen LogP) is 7.24. The maximum absolute atomic E-state index is 2.73. The number of allylic oxidation sites excluding steroid dienone is 4. The molecule has 0 amide bonds.